The van der Waals surface area contributed by atoms with E-state index in [1.54, 1.807) is 0 Å². The smallest absolute Gasteiger partial charge is 0.0542 e. The fraction of sp³-hybridized carbons (Fsp3) is 0.0667. The van der Waals surface area contributed by atoms with Crippen LogP contribution in [0.5, 0.6) is 0 Å². The van der Waals surface area contributed by atoms with Crippen molar-refractivity contribution < 1.29 is 0 Å². The molecule has 4 nitrogen and oxygen atoms in total. The molecule has 0 spiro atoms. The van der Waals surface area contributed by atoms with Gasteiger partial charge in [0.2, 0.25) is 0 Å². The number of aryl methyl sites for hydroxylation is 1. The first-order chi connectivity index (χ1) is 31.5. The summed E-state index contributed by atoms with van der Waals surface area (Å²) in [5.74, 6) is 0. The largest absolute Gasteiger partial charge is 0.314 e. The second-order valence-electron chi connectivity index (χ2n) is 15.6. The van der Waals surface area contributed by atoms with E-state index in [-0.39, 0.29) is 0 Å². The van der Waals surface area contributed by atoms with Crippen LogP contribution in [0, 0.1) is 13.8 Å². The molecule has 0 unspecified atom stereocenters. The zero-order valence-electron chi connectivity index (χ0n) is 37.0. The maximum absolute atomic E-state index is 4.08. The van der Waals surface area contributed by atoms with Gasteiger partial charge in [-0.3, -0.25) is 0 Å². The third-order valence-corrected chi connectivity index (χ3v) is 12.1. The topological polar surface area (TPSA) is 16.3 Å². The molecule has 64 heavy (non-hydrogen) atoms. The minimum atomic E-state index is 1.00. The molecule has 0 bridgehead atoms. The average molecular weight is 829 g/mol. The van der Waals surface area contributed by atoms with E-state index in [0.717, 1.165) is 62.2 Å². The quantitative estimate of drug-likeness (QED) is 0.121. The van der Waals surface area contributed by atoms with Gasteiger partial charge in [-0.2, -0.15) is 0 Å². The van der Waals surface area contributed by atoms with Crippen molar-refractivity contribution in [3.8, 4) is 16.8 Å². The molecule has 2 heterocycles. The van der Waals surface area contributed by atoms with Crippen LogP contribution in [0.1, 0.15) is 25.1 Å². The van der Waals surface area contributed by atoms with Gasteiger partial charge < -0.3 is 18.9 Å². The Bertz CT molecular complexity index is 3260. The zero-order valence-corrected chi connectivity index (χ0v) is 37.0. The molecule has 0 fully saturated rings. The maximum atomic E-state index is 4.08. The molecule has 2 aromatic heterocycles. The summed E-state index contributed by atoms with van der Waals surface area (Å²) in [6, 6.07) is 72.0. The molecule has 10 rings (SSSR count). The van der Waals surface area contributed by atoms with E-state index in [1.165, 1.54) is 38.4 Å². The van der Waals surface area contributed by atoms with E-state index in [0.29, 0.717) is 0 Å². The summed E-state index contributed by atoms with van der Waals surface area (Å²) in [6.07, 6.45) is 5.71. The zero-order chi connectivity index (χ0) is 44.2. The van der Waals surface area contributed by atoms with Gasteiger partial charge in [0.15, 0.2) is 0 Å². The molecular formula is C60H52N4. The number of fused-ring (bicyclic) bond motifs is 4. The van der Waals surface area contributed by atoms with Crippen molar-refractivity contribution in [2.24, 2.45) is 0 Å². The Morgan fingerprint density at radius 3 is 1.41 bits per heavy atom. The lowest BCUT2D eigenvalue weighted by Crippen LogP contribution is -2.10. The number of hydrogen-bond donors (Lipinski definition) is 0. The predicted molar refractivity (Wildman–Crippen MR) is 277 cm³/mol. The molecule has 0 N–H and O–H groups in total. The van der Waals surface area contributed by atoms with Crippen molar-refractivity contribution in [2.45, 2.75) is 27.7 Å². The molecule has 0 atom stereocenters. The number of anilines is 6. The maximum Gasteiger partial charge on any atom is 0.0542 e. The molecular weight excluding hydrogens is 777 g/mol. The van der Waals surface area contributed by atoms with E-state index < -0.39 is 0 Å². The lowest BCUT2D eigenvalue weighted by atomic mass is 10.0. The Kier molecular flexibility index (Phi) is 11.7. The molecule has 0 aliphatic carbocycles. The summed E-state index contributed by atoms with van der Waals surface area (Å²) in [5, 5.41) is 3.66. The van der Waals surface area contributed by atoms with Gasteiger partial charge in [0.25, 0.3) is 0 Å². The minimum Gasteiger partial charge on any atom is -0.314 e. The highest BCUT2D eigenvalue weighted by Crippen LogP contribution is 2.42. The standard InChI is InChI=1S/C58H46N4.C2H6/c1-5-18-45(6-2)59-42(4)41(3)54-39-51(35-37-57(54)59)60(46-19-10-7-11-20-46)49-31-27-43(28-32-49)44-29-33-50(34-30-44)61(47-21-12-8-13-22-47)52-36-38-58-55(40-52)53-25-16-17-26-56(53)62(58)48-23-14-9-15-24-48;1-2/h5-40H,1-2H2,3-4H3;1-2H3/b45-18+;. The number of para-hydroxylation sites is 4. The molecule has 0 aliphatic rings. The fourth-order valence-corrected chi connectivity index (χ4v) is 9.00. The summed E-state index contributed by atoms with van der Waals surface area (Å²) in [7, 11) is 0. The summed E-state index contributed by atoms with van der Waals surface area (Å²) in [4.78, 5) is 4.68. The summed E-state index contributed by atoms with van der Waals surface area (Å²) >= 11 is 0. The van der Waals surface area contributed by atoms with Gasteiger partial charge in [0, 0.05) is 67.4 Å². The second kappa shape index (κ2) is 18.1. The summed E-state index contributed by atoms with van der Waals surface area (Å²) in [5.41, 5.74) is 17.0. The molecule has 10 aromatic rings. The Labute approximate surface area is 377 Å². The molecule has 0 saturated carbocycles. The van der Waals surface area contributed by atoms with Crippen molar-refractivity contribution in [1.29, 1.82) is 0 Å². The highest BCUT2D eigenvalue weighted by molar-refractivity contribution is 6.10. The van der Waals surface area contributed by atoms with Crippen LogP contribution >= 0.6 is 0 Å². The number of nitrogens with zero attached hydrogens (tertiary/aromatic N) is 4. The van der Waals surface area contributed by atoms with Crippen LogP contribution in [0.15, 0.2) is 232 Å². The van der Waals surface area contributed by atoms with Crippen LogP contribution in [-0.4, -0.2) is 9.13 Å². The second-order valence-corrected chi connectivity index (χ2v) is 15.6. The lowest BCUT2D eigenvalue weighted by Gasteiger charge is -2.26. The highest BCUT2D eigenvalue weighted by atomic mass is 15.1. The van der Waals surface area contributed by atoms with E-state index in [9.17, 15) is 0 Å². The first kappa shape index (κ1) is 41.3. The minimum absolute atomic E-state index is 1.00. The van der Waals surface area contributed by atoms with E-state index in [1.807, 2.05) is 32.1 Å². The SMILES string of the molecule is C=C/C=C(\C=C)n1c(C)c(C)c2cc(N(c3ccccc3)c3ccc(-c4ccc(N(c5ccccc5)c5ccc6c(c5)c5ccccc5n6-c5ccccc5)cc4)cc3)ccc21.CC. The van der Waals surface area contributed by atoms with E-state index in [2.05, 4.69) is 246 Å². The van der Waals surface area contributed by atoms with Crippen molar-refractivity contribution >= 4 is 72.5 Å². The van der Waals surface area contributed by atoms with Crippen LogP contribution in [0.2, 0.25) is 0 Å². The molecule has 312 valence electrons. The summed E-state index contributed by atoms with van der Waals surface area (Å²) < 4.78 is 4.63. The van der Waals surface area contributed by atoms with Crippen LogP contribution in [0.4, 0.5) is 34.1 Å². The molecule has 8 aromatic carbocycles. The molecule has 0 saturated heterocycles. The number of benzene rings is 8. The van der Waals surface area contributed by atoms with Crippen molar-refractivity contribution in [2.75, 3.05) is 9.80 Å². The van der Waals surface area contributed by atoms with Crippen LogP contribution < -0.4 is 9.80 Å². The van der Waals surface area contributed by atoms with Gasteiger partial charge in [0.1, 0.15) is 0 Å². The van der Waals surface area contributed by atoms with Gasteiger partial charge in [-0.05, 0) is 146 Å². The monoisotopic (exact) mass is 828 g/mol. The molecule has 0 amide bonds. The van der Waals surface area contributed by atoms with Crippen molar-refractivity contribution in [3.05, 3.63) is 243 Å². The van der Waals surface area contributed by atoms with Crippen LogP contribution in [0.25, 0.3) is 55.2 Å². The van der Waals surface area contributed by atoms with Crippen molar-refractivity contribution in [1.82, 2.24) is 9.13 Å². The lowest BCUT2D eigenvalue weighted by molar-refractivity contribution is 1.08. The first-order valence-electron chi connectivity index (χ1n) is 22.1. The Balaban J connectivity index is 0.00000256. The third kappa shape index (κ3) is 7.50. The normalized spacial score (nSPS) is 11.3. The van der Waals surface area contributed by atoms with Gasteiger partial charge in [-0.25, -0.2) is 0 Å². The van der Waals surface area contributed by atoms with Gasteiger partial charge in [0.05, 0.1) is 16.6 Å². The predicted octanol–water partition coefficient (Wildman–Crippen LogP) is 17.2. The van der Waals surface area contributed by atoms with Gasteiger partial charge >= 0.3 is 0 Å². The average Bonchev–Trinajstić information content (AvgIpc) is 3.82. The highest BCUT2D eigenvalue weighted by Gasteiger charge is 2.20. The van der Waals surface area contributed by atoms with E-state index >= 15 is 0 Å². The number of aromatic nitrogens is 2. The molecule has 0 aliphatic heterocycles. The molecule has 4 heteroatoms. The summed E-state index contributed by atoms with van der Waals surface area (Å²) in [6.45, 7) is 16.4. The van der Waals surface area contributed by atoms with Crippen molar-refractivity contribution in [3.63, 3.8) is 0 Å². The number of allylic oxidation sites excluding steroid dienone is 4. The Morgan fingerprint density at radius 2 is 0.875 bits per heavy atom. The van der Waals surface area contributed by atoms with Crippen LogP contribution in [0.3, 0.4) is 0 Å². The fourth-order valence-electron chi connectivity index (χ4n) is 9.00. The first-order valence-corrected chi connectivity index (χ1v) is 22.1. The Hall–Kier alpha value is -8.08. The van der Waals surface area contributed by atoms with Crippen LogP contribution in [-0.2, 0) is 0 Å². The molecule has 0 radical (unpaired) electrons. The van der Waals surface area contributed by atoms with Gasteiger partial charge in [-0.1, -0.05) is 130 Å². The van der Waals surface area contributed by atoms with Gasteiger partial charge in [-0.15, -0.1) is 0 Å². The number of hydrogen-bond acceptors (Lipinski definition) is 2. The Morgan fingerprint density at radius 1 is 0.438 bits per heavy atom. The van der Waals surface area contributed by atoms with E-state index in [4.69, 9.17) is 0 Å². The third-order valence-electron chi connectivity index (χ3n) is 12.1. The number of rotatable bonds is 11.